The second kappa shape index (κ2) is 6.81. The zero-order valence-corrected chi connectivity index (χ0v) is 12.1. The maximum Gasteiger partial charge on any atom is 0.184 e. The Bertz CT molecular complexity index is 370. The van der Waals surface area contributed by atoms with Gasteiger partial charge < -0.3 is 0 Å². The van der Waals surface area contributed by atoms with Crippen molar-refractivity contribution in [2.45, 2.75) is 19.8 Å². The summed E-state index contributed by atoms with van der Waals surface area (Å²) in [5.41, 5.74) is 0.419. The van der Waals surface area contributed by atoms with E-state index in [9.17, 15) is 4.79 Å². The van der Waals surface area contributed by atoms with Gasteiger partial charge in [-0.05, 0) is 33.3 Å². The summed E-state index contributed by atoms with van der Waals surface area (Å²) in [6, 6.07) is 3.10. The Balaban J connectivity index is 2.83. The van der Waals surface area contributed by atoms with Gasteiger partial charge in [-0.3, -0.25) is 4.79 Å². The summed E-state index contributed by atoms with van der Waals surface area (Å²) in [5, 5.41) is 1.13. The van der Waals surface area contributed by atoms with Crippen LogP contribution in [-0.4, -0.2) is 11.7 Å². The lowest BCUT2D eigenvalue weighted by atomic mass is 10.2. The molecule has 0 aliphatic heterocycles. The summed E-state index contributed by atoms with van der Waals surface area (Å²) >= 11 is 17.7. The molecule has 0 aliphatic carbocycles. The summed E-state index contributed by atoms with van der Waals surface area (Å²) in [5.74, 6) is 0. The number of unbranched alkanes of at least 4 members (excludes halogenated alkanes) is 1. The maximum atomic E-state index is 11.9. The first-order valence-corrected chi connectivity index (χ1v) is 7.33. The van der Waals surface area contributed by atoms with Crippen molar-refractivity contribution in [3.63, 3.8) is 0 Å². The van der Waals surface area contributed by atoms with E-state index in [4.69, 9.17) is 34.8 Å². The van der Waals surface area contributed by atoms with Crippen LogP contribution < -0.4 is 0 Å². The van der Waals surface area contributed by atoms with Gasteiger partial charge in [0, 0.05) is 5.02 Å². The summed E-state index contributed by atoms with van der Waals surface area (Å²) in [6.07, 6.45) is 3.03. The van der Waals surface area contributed by atoms with Crippen LogP contribution in [0.25, 0.3) is 0 Å². The zero-order chi connectivity index (χ0) is 12.1. The predicted molar refractivity (Wildman–Crippen MR) is 73.9 cm³/mol. The fourth-order valence-electron chi connectivity index (χ4n) is 1.23. The topological polar surface area (TPSA) is 17.1 Å². The molecule has 88 valence electrons. The highest BCUT2D eigenvalue weighted by atomic mass is 35.5. The minimum Gasteiger partial charge on any atom is -0.289 e. The first-order valence-electron chi connectivity index (χ1n) is 4.99. The molecule has 16 heavy (non-hydrogen) atoms. The standard InChI is InChI=1S/C11H12Cl3OP/c1-2-3-4-16-11(15)10-8(13)5-7(12)6-9(10)14/h5-6,16H,2-4H2,1H3. The number of rotatable bonds is 5. The van der Waals surface area contributed by atoms with Crippen LogP contribution in [0.3, 0.4) is 0 Å². The molecule has 0 saturated heterocycles. The van der Waals surface area contributed by atoms with E-state index < -0.39 is 0 Å². The molecule has 1 atom stereocenters. The van der Waals surface area contributed by atoms with E-state index in [1.165, 1.54) is 0 Å². The van der Waals surface area contributed by atoms with Crippen molar-refractivity contribution >= 4 is 48.9 Å². The van der Waals surface area contributed by atoms with E-state index in [2.05, 4.69) is 6.92 Å². The maximum absolute atomic E-state index is 11.9. The lowest BCUT2D eigenvalue weighted by Gasteiger charge is -2.06. The van der Waals surface area contributed by atoms with Crippen LogP contribution >= 0.6 is 43.4 Å². The monoisotopic (exact) mass is 296 g/mol. The Morgan fingerprint density at radius 3 is 2.31 bits per heavy atom. The number of carbonyl (C=O) groups excluding carboxylic acids is 1. The molecule has 0 saturated carbocycles. The predicted octanol–water partition coefficient (Wildman–Crippen LogP) is 5.27. The molecule has 0 fully saturated rings. The van der Waals surface area contributed by atoms with E-state index in [1.807, 2.05) is 0 Å². The molecule has 0 amide bonds. The third kappa shape index (κ3) is 3.89. The molecule has 0 aromatic heterocycles. The molecular formula is C11H12Cl3OP. The summed E-state index contributed by atoms with van der Waals surface area (Å²) in [6.45, 7) is 2.09. The first kappa shape index (κ1) is 14.3. The van der Waals surface area contributed by atoms with Gasteiger partial charge in [0.1, 0.15) is 0 Å². The Morgan fingerprint density at radius 1 is 1.25 bits per heavy atom. The van der Waals surface area contributed by atoms with Gasteiger partial charge in [-0.1, -0.05) is 48.1 Å². The Hall–Kier alpha value is 0.190. The van der Waals surface area contributed by atoms with Gasteiger partial charge in [0.2, 0.25) is 0 Å². The molecule has 5 heteroatoms. The Labute approximate surface area is 112 Å². The number of hydrogen-bond acceptors (Lipinski definition) is 1. The molecule has 0 radical (unpaired) electrons. The highest BCUT2D eigenvalue weighted by molar-refractivity contribution is 7.58. The number of carbonyl (C=O) groups is 1. The lowest BCUT2D eigenvalue weighted by Crippen LogP contribution is -1.96. The van der Waals surface area contributed by atoms with Crippen LogP contribution in [0.5, 0.6) is 0 Å². The summed E-state index contributed by atoms with van der Waals surface area (Å²) in [4.78, 5) is 11.9. The quantitative estimate of drug-likeness (QED) is 0.535. The molecule has 0 heterocycles. The van der Waals surface area contributed by atoms with Gasteiger partial charge >= 0.3 is 0 Å². The van der Waals surface area contributed by atoms with Gasteiger partial charge in [-0.15, -0.1) is 0 Å². The van der Waals surface area contributed by atoms with Crippen molar-refractivity contribution in [1.82, 2.24) is 0 Å². The Kier molecular flexibility index (Phi) is 6.07. The molecule has 0 bridgehead atoms. The van der Waals surface area contributed by atoms with E-state index in [-0.39, 0.29) is 14.1 Å². The fraction of sp³-hybridized carbons (Fsp3) is 0.364. The van der Waals surface area contributed by atoms with Crippen LogP contribution in [0.15, 0.2) is 12.1 Å². The van der Waals surface area contributed by atoms with Crippen LogP contribution in [0.2, 0.25) is 15.1 Å². The largest absolute Gasteiger partial charge is 0.289 e. The molecule has 1 unspecified atom stereocenters. The second-order valence-electron chi connectivity index (χ2n) is 3.35. The van der Waals surface area contributed by atoms with Crippen molar-refractivity contribution in [2.24, 2.45) is 0 Å². The number of halogens is 3. The first-order chi connectivity index (χ1) is 7.56. The molecule has 0 aliphatic rings. The van der Waals surface area contributed by atoms with Crippen LogP contribution in [0, 0.1) is 0 Å². The summed E-state index contributed by atoms with van der Waals surface area (Å²) < 4.78 is 0. The van der Waals surface area contributed by atoms with E-state index >= 15 is 0 Å². The lowest BCUT2D eigenvalue weighted by molar-refractivity contribution is 0.108. The van der Waals surface area contributed by atoms with Crippen molar-refractivity contribution in [1.29, 1.82) is 0 Å². The summed E-state index contributed by atoms with van der Waals surface area (Å²) in [7, 11) is 0.229. The van der Waals surface area contributed by atoms with Crippen LogP contribution in [-0.2, 0) is 0 Å². The Morgan fingerprint density at radius 2 is 1.81 bits per heavy atom. The van der Waals surface area contributed by atoms with Gasteiger partial charge in [0.25, 0.3) is 0 Å². The molecule has 0 spiro atoms. The van der Waals surface area contributed by atoms with Crippen molar-refractivity contribution in [3.8, 4) is 0 Å². The van der Waals surface area contributed by atoms with E-state index in [0.29, 0.717) is 20.6 Å². The van der Waals surface area contributed by atoms with Gasteiger partial charge in [-0.25, -0.2) is 0 Å². The van der Waals surface area contributed by atoms with E-state index in [1.54, 1.807) is 12.1 Å². The molecular weight excluding hydrogens is 285 g/mol. The minimum absolute atomic E-state index is 0.0140. The van der Waals surface area contributed by atoms with Crippen LogP contribution in [0.4, 0.5) is 0 Å². The highest BCUT2D eigenvalue weighted by Crippen LogP contribution is 2.33. The molecule has 1 aromatic carbocycles. The van der Waals surface area contributed by atoms with Gasteiger partial charge in [0.05, 0.1) is 15.6 Å². The highest BCUT2D eigenvalue weighted by Gasteiger charge is 2.15. The number of hydrogen-bond donors (Lipinski definition) is 0. The molecule has 1 nitrogen and oxygen atoms in total. The normalized spacial score (nSPS) is 11.2. The molecule has 1 rings (SSSR count). The number of benzene rings is 1. The molecule has 0 N–H and O–H groups in total. The van der Waals surface area contributed by atoms with Crippen molar-refractivity contribution in [2.75, 3.05) is 6.16 Å². The minimum atomic E-state index is 0.0140. The average molecular weight is 298 g/mol. The fourth-order valence-corrected chi connectivity index (χ4v) is 3.58. The van der Waals surface area contributed by atoms with Crippen LogP contribution in [0.1, 0.15) is 30.1 Å². The third-order valence-corrected chi connectivity index (χ3v) is 4.04. The smallest absolute Gasteiger partial charge is 0.184 e. The van der Waals surface area contributed by atoms with E-state index in [0.717, 1.165) is 19.0 Å². The van der Waals surface area contributed by atoms with Crippen molar-refractivity contribution < 1.29 is 4.79 Å². The average Bonchev–Trinajstić information content (AvgIpc) is 2.16. The zero-order valence-electron chi connectivity index (χ0n) is 8.82. The second-order valence-corrected chi connectivity index (χ2v) is 5.91. The third-order valence-electron chi connectivity index (χ3n) is 2.05. The van der Waals surface area contributed by atoms with Gasteiger partial charge in [0.15, 0.2) is 5.52 Å². The SMILES string of the molecule is CCCCPC(=O)c1c(Cl)cc(Cl)cc1Cl. The van der Waals surface area contributed by atoms with Crippen molar-refractivity contribution in [3.05, 3.63) is 32.8 Å². The molecule has 1 aromatic rings. The van der Waals surface area contributed by atoms with Gasteiger partial charge in [-0.2, -0.15) is 0 Å².